The molecule has 12 heavy (non-hydrogen) atoms. The standard InChI is InChI=1S/C7H11N3O2/c1-2-4(8)6-7(12)9-3-5(11)10-6/h2,4,6H,1,3,8H2,(H,9,12)(H,10,11). The van der Waals surface area contributed by atoms with E-state index < -0.39 is 12.1 Å². The molecule has 1 aliphatic rings. The van der Waals surface area contributed by atoms with Crippen molar-refractivity contribution in [1.82, 2.24) is 10.6 Å². The highest BCUT2D eigenvalue weighted by Crippen LogP contribution is 1.95. The van der Waals surface area contributed by atoms with Crippen molar-refractivity contribution in [3.8, 4) is 0 Å². The lowest BCUT2D eigenvalue weighted by molar-refractivity contribution is -0.133. The van der Waals surface area contributed by atoms with Crippen LogP contribution >= 0.6 is 0 Å². The second-order valence-electron chi connectivity index (χ2n) is 2.58. The van der Waals surface area contributed by atoms with Gasteiger partial charge in [-0.15, -0.1) is 6.58 Å². The molecule has 2 amide bonds. The molecular formula is C7H11N3O2. The number of piperazine rings is 1. The van der Waals surface area contributed by atoms with Gasteiger partial charge in [0, 0.05) is 0 Å². The second kappa shape index (κ2) is 3.36. The minimum atomic E-state index is -0.677. The maximum absolute atomic E-state index is 11.1. The Bertz CT molecular complexity index is 227. The van der Waals surface area contributed by atoms with Crippen LogP contribution < -0.4 is 16.4 Å². The van der Waals surface area contributed by atoms with Crippen LogP contribution in [0.1, 0.15) is 0 Å². The predicted octanol–water partition coefficient (Wildman–Crippen LogP) is -1.89. The summed E-state index contributed by atoms with van der Waals surface area (Å²) in [5.41, 5.74) is 5.51. The Labute approximate surface area is 70.0 Å². The lowest BCUT2D eigenvalue weighted by Crippen LogP contribution is -2.62. The van der Waals surface area contributed by atoms with E-state index in [4.69, 9.17) is 5.73 Å². The predicted molar refractivity (Wildman–Crippen MR) is 43.1 cm³/mol. The number of carbonyl (C=O) groups is 2. The van der Waals surface area contributed by atoms with Crippen molar-refractivity contribution in [3.63, 3.8) is 0 Å². The van der Waals surface area contributed by atoms with E-state index >= 15 is 0 Å². The highest BCUT2D eigenvalue weighted by molar-refractivity contribution is 5.95. The first kappa shape index (κ1) is 8.73. The number of nitrogens with one attached hydrogen (secondary N) is 2. The first-order valence-corrected chi connectivity index (χ1v) is 3.60. The van der Waals surface area contributed by atoms with Gasteiger partial charge in [0.05, 0.1) is 12.6 Å². The Morgan fingerprint density at radius 3 is 2.92 bits per heavy atom. The van der Waals surface area contributed by atoms with E-state index in [0.717, 1.165) is 0 Å². The molecule has 1 heterocycles. The molecular weight excluding hydrogens is 158 g/mol. The van der Waals surface area contributed by atoms with E-state index in [9.17, 15) is 9.59 Å². The van der Waals surface area contributed by atoms with E-state index in [2.05, 4.69) is 17.2 Å². The molecule has 5 nitrogen and oxygen atoms in total. The summed E-state index contributed by atoms with van der Waals surface area (Å²) in [7, 11) is 0. The SMILES string of the molecule is C=CC(N)C1NC(=O)CNC1=O. The first-order valence-electron chi connectivity index (χ1n) is 3.60. The van der Waals surface area contributed by atoms with Crippen LogP contribution in [-0.4, -0.2) is 30.4 Å². The molecule has 66 valence electrons. The zero-order valence-corrected chi connectivity index (χ0v) is 6.54. The molecule has 1 rings (SSSR count). The van der Waals surface area contributed by atoms with Gasteiger partial charge in [-0.1, -0.05) is 6.08 Å². The average molecular weight is 169 g/mol. The lowest BCUT2D eigenvalue weighted by atomic mass is 10.1. The summed E-state index contributed by atoms with van der Waals surface area (Å²) in [6.07, 6.45) is 1.43. The number of hydrogen-bond donors (Lipinski definition) is 3. The molecule has 0 radical (unpaired) electrons. The van der Waals surface area contributed by atoms with Crippen molar-refractivity contribution >= 4 is 11.8 Å². The summed E-state index contributed by atoms with van der Waals surface area (Å²) >= 11 is 0. The third-order valence-electron chi connectivity index (χ3n) is 1.68. The van der Waals surface area contributed by atoms with Crippen molar-refractivity contribution < 1.29 is 9.59 Å². The van der Waals surface area contributed by atoms with E-state index in [1.54, 1.807) is 0 Å². The van der Waals surface area contributed by atoms with Crippen molar-refractivity contribution in [1.29, 1.82) is 0 Å². The Kier molecular flexibility index (Phi) is 2.44. The Morgan fingerprint density at radius 2 is 2.33 bits per heavy atom. The molecule has 0 aromatic heterocycles. The van der Waals surface area contributed by atoms with Crippen LogP contribution in [0.15, 0.2) is 12.7 Å². The molecule has 0 aromatic carbocycles. The molecule has 1 saturated heterocycles. The molecule has 0 spiro atoms. The molecule has 0 aromatic rings. The average Bonchev–Trinajstić information content (AvgIpc) is 2.08. The lowest BCUT2D eigenvalue weighted by Gasteiger charge is -2.25. The topological polar surface area (TPSA) is 84.2 Å². The summed E-state index contributed by atoms with van der Waals surface area (Å²) in [6, 6.07) is -1.21. The smallest absolute Gasteiger partial charge is 0.244 e. The number of hydrogen-bond acceptors (Lipinski definition) is 3. The van der Waals surface area contributed by atoms with Crippen molar-refractivity contribution in [3.05, 3.63) is 12.7 Å². The third kappa shape index (κ3) is 1.62. The Balaban J connectivity index is 2.66. The first-order chi connectivity index (χ1) is 5.65. The van der Waals surface area contributed by atoms with Crippen LogP contribution in [0.25, 0.3) is 0 Å². The zero-order chi connectivity index (χ0) is 9.14. The van der Waals surface area contributed by atoms with Crippen molar-refractivity contribution in [2.75, 3.05) is 6.54 Å². The van der Waals surface area contributed by atoms with Gasteiger partial charge < -0.3 is 16.4 Å². The molecule has 0 aliphatic carbocycles. The van der Waals surface area contributed by atoms with E-state index in [1.807, 2.05) is 0 Å². The zero-order valence-electron chi connectivity index (χ0n) is 6.54. The van der Waals surface area contributed by atoms with Gasteiger partial charge in [0.1, 0.15) is 6.04 Å². The number of rotatable bonds is 2. The van der Waals surface area contributed by atoms with Gasteiger partial charge in [-0.2, -0.15) is 0 Å². The van der Waals surface area contributed by atoms with Crippen molar-refractivity contribution in [2.24, 2.45) is 5.73 Å². The fourth-order valence-electron chi connectivity index (χ4n) is 0.974. The molecule has 1 aliphatic heterocycles. The van der Waals surface area contributed by atoms with E-state index in [0.29, 0.717) is 0 Å². The fourth-order valence-corrected chi connectivity index (χ4v) is 0.974. The largest absolute Gasteiger partial charge is 0.345 e. The summed E-state index contributed by atoms with van der Waals surface area (Å²) < 4.78 is 0. The van der Waals surface area contributed by atoms with Gasteiger partial charge in [-0.05, 0) is 0 Å². The van der Waals surface area contributed by atoms with Gasteiger partial charge in [0.15, 0.2) is 0 Å². The summed E-state index contributed by atoms with van der Waals surface area (Å²) in [5, 5.41) is 4.89. The van der Waals surface area contributed by atoms with Gasteiger partial charge in [-0.3, -0.25) is 9.59 Å². The van der Waals surface area contributed by atoms with Crippen LogP contribution in [-0.2, 0) is 9.59 Å². The quantitative estimate of drug-likeness (QED) is 0.423. The molecule has 5 heteroatoms. The molecule has 0 saturated carbocycles. The Hall–Kier alpha value is -1.36. The minimum Gasteiger partial charge on any atom is -0.345 e. The number of amides is 2. The van der Waals surface area contributed by atoms with Gasteiger partial charge >= 0.3 is 0 Å². The minimum absolute atomic E-state index is 0.0270. The van der Waals surface area contributed by atoms with Gasteiger partial charge in [0.25, 0.3) is 0 Å². The van der Waals surface area contributed by atoms with E-state index in [-0.39, 0.29) is 18.4 Å². The monoisotopic (exact) mass is 169 g/mol. The maximum Gasteiger partial charge on any atom is 0.244 e. The van der Waals surface area contributed by atoms with Gasteiger partial charge in [0.2, 0.25) is 11.8 Å². The number of carbonyl (C=O) groups excluding carboxylic acids is 2. The summed E-state index contributed by atoms with van der Waals surface area (Å²) in [5.74, 6) is -0.487. The third-order valence-corrected chi connectivity index (χ3v) is 1.68. The van der Waals surface area contributed by atoms with Crippen LogP contribution in [0, 0.1) is 0 Å². The second-order valence-corrected chi connectivity index (χ2v) is 2.58. The summed E-state index contributed by atoms with van der Waals surface area (Å²) in [4.78, 5) is 21.9. The van der Waals surface area contributed by atoms with Crippen LogP contribution in [0.3, 0.4) is 0 Å². The molecule has 2 unspecified atom stereocenters. The van der Waals surface area contributed by atoms with Crippen LogP contribution in [0.4, 0.5) is 0 Å². The molecule has 0 bridgehead atoms. The Morgan fingerprint density at radius 1 is 1.67 bits per heavy atom. The van der Waals surface area contributed by atoms with Crippen LogP contribution in [0.5, 0.6) is 0 Å². The summed E-state index contributed by atoms with van der Waals surface area (Å²) in [6.45, 7) is 3.47. The fraction of sp³-hybridized carbons (Fsp3) is 0.429. The number of nitrogens with two attached hydrogens (primary N) is 1. The maximum atomic E-state index is 11.1. The molecule has 1 fully saturated rings. The van der Waals surface area contributed by atoms with Crippen LogP contribution in [0.2, 0.25) is 0 Å². The highest BCUT2D eigenvalue weighted by Gasteiger charge is 2.29. The highest BCUT2D eigenvalue weighted by atomic mass is 16.2. The molecule has 2 atom stereocenters. The molecule has 4 N–H and O–H groups in total. The van der Waals surface area contributed by atoms with Crippen molar-refractivity contribution in [2.45, 2.75) is 12.1 Å². The van der Waals surface area contributed by atoms with E-state index in [1.165, 1.54) is 6.08 Å². The van der Waals surface area contributed by atoms with Gasteiger partial charge in [-0.25, -0.2) is 0 Å². The normalized spacial score (nSPS) is 25.6.